The van der Waals surface area contributed by atoms with E-state index in [2.05, 4.69) is 10.6 Å². The second-order valence-corrected chi connectivity index (χ2v) is 6.82. The fraction of sp³-hybridized carbons (Fsp3) is 0.0909. The van der Waals surface area contributed by atoms with E-state index in [4.69, 9.17) is 11.6 Å². The zero-order chi connectivity index (χ0) is 21.5. The Kier molecular flexibility index (Phi) is 6.77. The van der Waals surface area contributed by atoms with Crippen molar-refractivity contribution in [2.45, 2.75) is 6.42 Å². The second-order valence-electron chi connectivity index (χ2n) is 6.41. The highest BCUT2D eigenvalue weighted by atomic mass is 35.5. The lowest BCUT2D eigenvalue weighted by Crippen LogP contribution is -2.27. The van der Waals surface area contributed by atoms with E-state index in [1.165, 1.54) is 12.1 Å². The Hall–Kier alpha value is -3.71. The zero-order valence-electron chi connectivity index (χ0n) is 15.8. The van der Waals surface area contributed by atoms with Crippen LogP contribution in [0.3, 0.4) is 0 Å². The molecule has 30 heavy (non-hydrogen) atoms. The number of amides is 2. The quantitative estimate of drug-likeness (QED) is 0.432. The molecule has 152 valence electrons. The number of benzene rings is 3. The maximum atomic E-state index is 12.6. The molecular weight excluding hydrogens is 406 g/mol. The Morgan fingerprint density at radius 3 is 2.30 bits per heavy atom. The van der Waals surface area contributed by atoms with Gasteiger partial charge in [0.05, 0.1) is 26.8 Å². The smallest absolute Gasteiger partial charge is 0.270 e. The van der Waals surface area contributed by atoms with Gasteiger partial charge < -0.3 is 10.6 Å². The molecule has 0 unspecified atom stereocenters. The molecule has 3 rings (SSSR count). The monoisotopic (exact) mass is 423 g/mol. The third kappa shape index (κ3) is 5.21. The molecule has 0 radical (unpaired) electrons. The fourth-order valence-electron chi connectivity index (χ4n) is 2.84. The maximum Gasteiger partial charge on any atom is 0.270 e. The summed E-state index contributed by atoms with van der Waals surface area (Å²) in [5.41, 5.74) is 1.58. The zero-order valence-corrected chi connectivity index (χ0v) is 16.6. The Balaban J connectivity index is 1.69. The molecule has 3 aromatic carbocycles. The molecule has 2 N–H and O–H groups in total. The number of carbonyl (C=O) groups is 2. The summed E-state index contributed by atoms with van der Waals surface area (Å²) in [5.74, 6) is -0.893. The first-order chi connectivity index (χ1) is 14.5. The lowest BCUT2D eigenvalue weighted by atomic mass is 10.1. The van der Waals surface area contributed by atoms with Gasteiger partial charge in [-0.25, -0.2) is 0 Å². The standard InChI is InChI=1S/C22H18ClN3O4/c23-19-14-16(26(29)30)10-11-17(19)22(28)25-20-9-5-4-8-18(20)21(27)24-13-12-15-6-2-1-3-7-15/h1-11,14H,12-13H2,(H,24,27)(H,25,28). The predicted octanol–water partition coefficient (Wildman–Crippen LogP) is 4.47. The molecule has 3 aromatic rings. The van der Waals surface area contributed by atoms with Crippen molar-refractivity contribution in [1.29, 1.82) is 0 Å². The van der Waals surface area contributed by atoms with Crippen LogP contribution < -0.4 is 10.6 Å². The molecule has 2 amide bonds. The molecule has 0 heterocycles. The van der Waals surface area contributed by atoms with Crippen LogP contribution in [0, 0.1) is 10.1 Å². The van der Waals surface area contributed by atoms with Crippen molar-refractivity contribution < 1.29 is 14.5 Å². The van der Waals surface area contributed by atoms with E-state index >= 15 is 0 Å². The molecule has 0 bridgehead atoms. The number of nitro groups is 1. The van der Waals surface area contributed by atoms with E-state index in [1.807, 2.05) is 30.3 Å². The van der Waals surface area contributed by atoms with Crippen molar-refractivity contribution in [3.8, 4) is 0 Å². The number of nitrogens with one attached hydrogen (secondary N) is 2. The molecular formula is C22H18ClN3O4. The van der Waals surface area contributed by atoms with E-state index in [0.717, 1.165) is 11.6 Å². The fourth-order valence-corrected chi connectivity index (χ4v) is 3.10. The van der Waals surface area contributed by atoms with Gasteiger partial charge in [-0.1, -0.05) is 54.1 Å². The number of halogens is 1. The summed E-state index contributed by atoms with van der Waals surface area (Å²) in [7, 11) is 0. The highest BCUT2D eigenvalue weighted by Gasteiger charge is 2.18. The van der Waals surface area contributed by atoms with Crippen LogP contribution in [0.25, 0.3) is 0 Å². The van der Waals surface area contributed by atoms with Crippen LogP contribution in [0.4, 0.5) is 11.4 Å². The molecule has 0 saturated heterocycles. The highest BCUT2D eigenvalue weighted by Crippen LogP contribution is 2.24. The number of anilines is 1. The molecule has 7 nitrogen and oxygen atoms in total. The van der Waals surface area contributed by atoms with Gasteiger partial charge in [0.25, 0.3) is 17.5 Å². The van der Waals surface area contributed by atoms with Crippen LogP contribution in [0.1, 0.15) is 26.3 Å². The first kappa shape index (κ1) is 21.0. The average molecular weight is 424 g/mol. The summed E-state index contributed by atoms with van der Waals surface area (Å²) < 4.78 is 0. The molecule has 8 heteroatoms. The molecule has 0 saturated carbocycles. The van der Waals surface area contributed by atoms with Gasteiger partial charge in [0.2, 0.25) is 0 Å². The molecule has 0 spiro atoms. The SMILES string of the molecule is O=C(Nc1ccccc1C(=O)NCCc1ccccc1)c1ccc([N+](=O)[O-])cc1Cl. The summed E-state index contributed by atoms with van der Waals surface area (Å²) in [6, 6.07) is 19.9. The van der Waals surface area contributed by atoms with Gasteiger partial charge in [-0.15, -0.1) is 0 Å². The van der Waals surface area contributed by atoms with Crippen LogP contribution in [-0.4, -0.2) is 23.3 Å². The minimum absolute atomic E-state index is 0.0495. The topological polar surface area (TPSA) is 101 Å². The van der Waals surface area contributed by atoms with Gasteiger partial charge in [0, 0.05) is 18.7 Å². The number of para-hydroxylation sites is 1. The van der Waals surface area contributed by atoms with Crippen LogP contribution in [0.2, 0.25) is 5.02 Å². The van der Waals surface area contributed by atoms with E-state index < -0.39 is 10.8 Å². The minimum atomic E-state index is -0.595. The molecule has 0 aliphatic heterocycles. The first-order valence-corrected chi connectivity index (χ1v) is 9.50. The summed E-state index contributed by atoms with van der Waals surface area (Å²) in [6.45, 7) is 0.444. The normalized spacial score (nSPS) is 10.3. The van der Waals surface area contributed by atoms with Crippen molar-refractivity contribution in [3.63, 3.8) is 0 Å². The van der Waals surface area contributed by atoms with E-state index in [9.17, 15) is 19.7 Å². The number of non-ortho nitro benzene ring substituents is 1. The van der Waals surface area contributed by atoms with Crippen LogP contribution in [0.15, 0.2) is 72.8 Å². The second kappa shape index (κ2) is 9.67. The van der Waals surface area contributed by atoms with Gasteiger partial charge in [0.1, 0.15) is 0 Å². The van der Waals surface area contributed by atoms with Crippen LogP contribution in [0.5, 0.6) is 0 Å². The number of nitrogens with zero attached hydrogens (tertiary/aromatic N) is 1. The van der Waals surface area contributed by atoms with Gasteiger partial charge >= 0.3 is 0 Å². The molecule has 0 fully saturated rings. The van der Waals surface area contributed by atoms with Gasteiger partial charge in [-0.05, 0) is 30.2 Å². The third-order valence-corrected chi connectivity index (χ3v) is 4.68. The third-order valence-electron chi connectivity index (χ3n) is 4.37. The van der Waals surface area contributed by atoms with Crippen LogP contribution in [-0.2, 0) is 6.42 Å². The molecule has 0 atom stereocenters. The Bertz CT molecular complexity index is 1090. The summed E-state index contributed by atoms with van der Waals surface area (Å²) >= 11 is 6.02. The highest BCUT2D eigenvalue weighted by molar-refractivity contribution is 6.34. The summed E-state index contributed by atoms with van der Waals surface area (Å²) in [5, 5.41) is 16.3. The summed E-state index contributed by atoms with van der Waals surface area (Å²) in [4.78, 5) is 35.4. The van der Waals surface area contributed by atoms with Crippen molar-refractivity contribution in [2.75, 3.05) is 11.9 Å². The number of hydrogen-bond acceptors (Lipinski definition) is 4. The van der Waals surface area contributed by atoms with Crippen molar-refractivity contribution in [3.05, 3.63) is 105 Å². The van der Waals surface area contributed by atoms with Crippen molar-refractivity contribution in [1.82, 2.24) is 5.32 Å². The largest absolute Gasteiger partial charge is 0.352 e. The Morgan fingerprint density at radius 1 is 0.900 bits per heavy atom. The Labute approximate surface area is 177 Å². The lowest BCUT2D eigenvalue weighted by molar-refractivity contribution is -0.384. The minimum Gasteiger partial charge on any atom is -0.352 e. The van der Waals surface area contributed by atoms with Crippen molar-refractivity contribution in [2.24, 2.45) is 0 Å². The number of carbonyl (C=O) groups excluding carboxylic acids is 2. The molecule has 0 aliphatic rings. The van der Waals surface area contributed by atoms with Crippen molar-refractivity contribution >= 4 is 34.8 Å². The van der Waals surface area contributed by atoms with E-state index in [-0.39, 0.29) is 22.2 Å². The average Bonchev–Trinajstić information content (AvgIpc) is 2.74. The number of nitro benzene ring substituents is 1. The number of rotatable bonds is 7. The predicted molar refractivity (Wildman–Crippen MR) is 115 cm³/mol. The number of hydrogen-bond donors (Lipinski definition) is 2. The van der Waals surface area contributed by atoms with Crippen LogP contribution >= 0.6 is 11.6 Å². The van der Waals surface area contributed by atoms with E-state index in [0.29, 0.717) is 24.2 Å². The first-order valence-electron chi connectivity index (χ1n) is 9.12. The van der Waals surface area contributed by atoms with E-state index in [1.54, 1.807) is 24.3 Å². The van der Waals surface area contributed by atoms with Gasteiger partial charge in [-0.2, -0.15) is 0 Å². The van der Waals surface area contributed by atoms with Gasteiger partial charge in [0.15, 0.2) is 0 Å². The molecule has 0 aliphatic carbocycles. The maximum absolute atomic E-state index is 12.6. The summed E-state index contributed by atoms with van der Waals surface area (Å²) in [6.07, 6.45) is 0.680. The molecule has 0 aromatic heterocycles. The lowest BCUT2D eigenvalue weighted by Gasteiger charge is -2.12. The van der Waals surface area contributed by atoms with Gasteiger partial charge in [-0.3, -0.25) is 19.7 Å². The Morgan fingerprint density at radius 2 is 1.60 bits per heavy atom.